The maximum atomic E-state index is 11.2. The van der Waals surface area contributed by atoms with E-state index in [1.165, 1.54) is 0 Å². The Hall–Kier alpha value is -2.08. The third kappa shape index (κ3) is 4.84. The van der Waals surface area contributed by atoms with Gasteiger partial charge < -0.3 is 9.84 Å². The van der Waals surface area contributed by atoms with Gasteiger partial charge in [-0.25, -0.2) is 9.59 Å². The van der Waals surface area contributed by atoms with E-state index in [1.807, 2.05) is 23.7 Å². The topological polar surface area (TPSA) is 84.9 Å². The lowest BCUT2D eigenvalue weighted by Crippen LogP contribution is -2.34. The van der Waals surface area contributed by atoms with Gasteiger partial charge in [0.05, 0.1) is 0 Å². The second kappa shape index (κ2) is 7.29. The molecular weight excluding hydrogens is 238 g/mol. The van der Waals surface area contributed by atoms with Crippen LogP contribution in [0, 0.1) is 0 Å². The predicted molar refractivity (Wildman–Crippen MR) is 62.6 cm³/mol. The Balaban J connectivity index is 2.28. The fourth-order valence-corrected chi connectivity index (χ4v) is 1.18. The lowest BCUT2D eigenvalue weighted by atomic mass is 10.2. The first-order valence-electron chi connectivity index (χ1n) is 5.48. The summed E-state index contributed by atoms with van der Waals surface area (Å²) in [5.74, 6) is -1.14. The zero-order chi connectivity index (χ0) is 13.4. The molecule has 1 atom stereocenters. The molecule has 0 aliphatic carbocycles. The van der Waals surface area contributed by atoms with Gasteiger partial charge in [0.1, 0.15) is 6.61 Å². The summed E-state index contributed by atoms with van der Waals surface area (Å²) < 4.78 is 4.83. The zero-order valence-corrected chi connectivity index (χ0v) is 9.96. The van der Waals surface area contributed by atoms with Crippen LogP contribution in [0.25, 0.3) is 0 Å². The van der Waals surface area contributed by atoms with Crippen LogP contribution >= 0.6 is 0 Å². The number of ether oxygens (including phenoxy) is 1. The molecule has 98 valence electrons. The number of hydrogen-bond acceptors (Lipinski definition) is 4. The molecule has 6 nitrogen and oxygen atoms in total. The highest BCUT2D eigenvalue weighted by Crippen LogP contribution is 2.01. The molecule has 0 spiro atoms. The summed E-state index contributed by atoms with van der Waals surface area (Å²) in [6, 6.07) is 9.11. The first-order valence-corrected chi connectivity index (χ1v) is 5.48. The number of aliphatic carboxylic acids is 1. The Kier molecular flexibility index (Phi) is 5.66. The van der Waals surface area contributed by atoms with Crippen molar-refractivity contribution in [1.29, 1.82) is 0 Å². The van der Waals surface area contributed by atoms with Gasteiger partial charge in [0.15, 0.2) is 6.10 Å². The maximum Gasteiger partial charge on any atom is 0.431 e. The molecule has 1 aromatic rings. The van der Waals surface area contributed by atoms with Gasteiger partial charge in [-0.05, 0) is 12.0 Å². The van der Waals surface area contributed by atoms with Gasteiger partial charge in [0, 0.05) is 0 Å². The number of carboxylic acid groups (broad SMARTS) is 1. The average molecular weight is 253 g/mol. The molecule has 0 fully saturated rings. The smallest absolute Gasteiger partial charge is 0.431 e. The minimum atomic E-state index is -1.14. The van der Waals surface area contributed by atoms with Crippen LogP contribution in [0.2, 0.25) is 0 Å². The van der Waals surface area contributed by atoms with E-state index in [-0.39, 0.29) is 13.0 Å². The number of carboxylic acids is 1. The Morgan fingerprint density at radius 2 is 2.00 bits per heavy atom. The third-order valence-electron chi connectivity index (χ3n) is 2.14. The van der Waals surface area contributed by atoms with E-state index in [4.69, 9.17) is 9.84 Å². The van der Waals surface area contributed by atoms with E-state index in [0.29, 0.717) is 0 Å². The average Bonchev–Trinajstić information content (AvgIpc) is 2.38. The Labute approximate surface area is 104 Å². The van der Waals surface area contributed by atoms with Gasteiger partial charge >= 0.3 is 12.1 Å². The molecule has 0 heterocycles. The molecule has 18 heavy (non-hydrogen) atoms. The van der Waals surface area contributed by atoms with Crippen LogP contribution in [-0.4, -0.2) is 23.3 Å². The van der Waals surface area contributed by atoms with Crippen molar-refractivity contribution in [2.24, 2.45) is 0 Å². The number of hydroxylamine groups is 1. The van der Waals surface area contributed by atoms with Gasteiger partial charge in [-0.1, -0.05) is 37.3 Å². The standard InChI is InChI=1S/C12H15NO5/c1-2-10(11(14)15)18-13-12(16)17-8-9-6-4-3-5-7-9/h3-7,10H,2,8H2,1H3,(H,13,16)(H,14,15)/t10-/m0/s1. The van der Waals surface area contributed by atoms with Gasteiger partial charge in [0.25, 0.3) is 0 Å². The zero-order valence-electron chi connectivity index (χ0n) is 9.96. The molecule has 0 aliphatic heterocycles. The Morgan fingerprint density at radius 3 is 2.56 bits per heavy atom. The monoisotopic (exact) mass is 253 g/mol. The fourth-order valence-electron chi connectivity index (χ4n) is 1.18. The molecule has 0 unspecified atom stereocenters. The molecule has 0 aliphatic rings. The third-order valence-corrected chi connectivity index (χ3v) is 2.14. The lowest BCUT2D eigenvalue weighted by molar-refractivity contribution is -0.154. The van der Waals surface area contributed by atoms with Gasteiger partial charge in [0.2, 0.25) is 0 Å². The van der Waals surface area contributed by atoms with Crippen molar-refractivity contribution in [3.8, 4) is 0 Å². The van der Waals surface area contributed by atoms with E-state index in [2.05, 4.69) is 4.84 Å². The quantitative estimate of drug-likeness (QED) is 0.754. The fraction of sp³-hybridized carbons (Fsp3) is 0.333. The maximum absolute atomic E-state index is 11.2. The van der Waals surface area contributed by atoms with Crippen molar-refractivity contribution in [1.82, 2.24) is 5.48 Å². The van der Waals surface area contributed by atoms with Gasteiger partial charge in [-0.3, -0.25) is 4.84 Å². The van der Waals surface area contributed by atoms with Crippen molar-refractivity contribution in [2.45, 2.75) is 26.1 Å². The number of benzene rings is 1. The van der Waals surface area contributed by atoms with E-state index in [9.17, 15) is 9.59 Å². The number of hydrogen-bond donors (Lipinski definition) is 2. The van der Waals surface area contributed by atoms with Crippen LogP contribution in [0.5, 0.6) is 0 Å². The summed E-state index contributed by atoms with van der Waals surface area (Å²) in [7, 11) is 0. The van der Waals surface area contributed by atoms with E-state index in [0.717, 1.165) is 5.56 Å². The summed E-state index contributed by atoms with van der Waals surface area (Å²) in [5.41, 5.74) is 2.77. The molecule has 1 amide bonds. The van der Waals surface area contributed by atoms with E-state index >= 15 is 0 Å². The second-order valence-corrected chi connectivity index (χ2v) is 3.52. The largest absolute Gasteiger partial charge is 0.479 e. The Bertz CT molecular complexity index is 393. The van der Waals surface area contributed by atoms with Crippen molar-refractivity contribution in [3.63, 3.8) is 0 Å². The van der Waals surface area contributed by atoms with Crippen LogP contribution in [0.3, 0.4) is 0 Å². The number of carbonyl (C=O) groups is 2. The van der Waals surface area contributed by atoms with Crippen molar-refractivity contribution in [3.05, 3.63) is 35.9 Å². The molecule has 1 aromatic carbocycles. The normalized spacial score (nSPS) is 11.6. The molecule has 2 N–H and O–H groups in total. The van der Waals surface area contributed by atoms with E-state index in [1.54, 1.807) is 19.1 Å². The molecule has 0 saturated heterocycles. The Morgan fingerprint density at radius 1 is 1.33 bits per heavy atom. The highest BCUT2D eigenvalue weighted by atomic mass is 16.7. The minimum Gasteiger partial charge on any atom is -0.479 e. The van der Waals surface area contributed by atoms with Crippen LogP contribution in [0.1, 0.15) is 18.9 Å². The number of amides is 1. The van der Waals surface area contributed by atoms with Crippen molar-refractivity contribution >= 4 is 12.1 Å². The van der Waals surface area contributed by atoms with Crippen LogP contribution in [0.15, 0.2) is 30.3 Å². The SMILES string of the molecule is CC[C@H](ONC(=O)OCc1ccccc1)C(=O)O. The first-order chi connectivity index (χ1) is 8.63. The number of nitrogens with one attached hydrogen (secondary N) is 1. The van der Waals surface area contributed by atoms with Crippen molar-refractivity contribution in [2.75, 3.05) is 0 Å². The predicted octanol–water partition coefficient (Wildman–Crippen LogP) is 1.71. The van der Waals surface area contributed by atoms with Gasteiger partial charge in [-0.15, -0.1) is 0 Å². The first kappa shape index (κ1) is 14.0. The summed E-state index contributed by atoms with van der Waals surface area (Å²) in [4.78, 5) is 26.5. The van der Waals surface area contributed by atoms with Crippen molar-refractivity contribution < 1.29 is 24.3 Å². The molecule has 0 saturated carbocycles. The van der Waals surface area contributed by atoms with Crippen LogP contribution < -0.4 is 5.48 Å². The molecule has 0 aromatic heterocycles. The summed E-state index contributed by atoms with van der Waals surface area (Å²) in [6.07, 6.45) is -1.65. The highest BCUT2D eigenvalue weighted by molar-refractivity contribution is 5.72. The molecule has 6 heteroatoms. The number of carbonyl (C=O) groups excluding carboxylic acids is 1. The van der Waals surface area contributed by atoms with Gasteiger partial charge in [-0.2, -0.15) is 5.48 Å². The lowest BCUT2D eigenvalue weighted by Gasteiger charge is -2.11. The van der Waals surface area contributed by atoms with E-state index < -0.39 is 18.2 Å². The minimum absolute atomic E-state index is 0.0971. The molecule has 0 bridgehead atoms. The highest BCUT2D eigenvalue weighted by Gasteiger charge is 2.17. The molecule has 0 radical (unpaired) electrons. The summed E-state index contributed by atoms with van der Waals surface area (Å²) in [5, 5.41) is 8.68. The molecular formula is C12H15NO5. The number of rotatable bonds is 6. The summed E-state index contributed by atoms with van der Waals surface area (Å²) in [6.45, 7) is 1.73. The van der Waals surface area contributed by atoms with Crippen LogP contribution in [0.4, 0.5) is 4.79 Å². The second-order valence-electron chi connectivity index (χ2n) is 3.52. The summed E-state index contributed by atoms with van der Waals surface area (Å²) >= 11 is 0. The molecule has 1 rings (SSSR count). The van der Waals surface area contributed by atoms with Crippen LogP contribution in [-0.2, 0) is 21.0 Å².